The van der Waals surface area contributed by atoms with Crippen molar-refractivity contribution in [2.45, 2.75) is 5.33 Å². The highest BCUT2D eigenvalue weighted by Gasteiger charge is 2.01. The molecule has 0 aliphatic carbocycles. The fourth-order valence-corrected chi connectivity index (χ4v) is 2.09. The summed E-state index contributed by atoms with van der Waals surface area (Å²) in [6.45, 7) is 0. The molecule has 0 amide bonds. The standard InChI is InChI=1S/C13H9BrCl2O/c14-8-9-5-11(16)7-13(6-9)17-12-3-1-10(15)2-4-12/h1-7H,8H2. The van der Waals surface area contributed by atoms with E-state index in [0.29, 0.717) is 15.8 Å². The summed E-state index contributed by atoms with van der Waals surface area (Å²) in [5.41, 5.74) is 1.07. The van der Waals surface area contributed by atoms with Crippen molar-refractivity contribution in [3.63, 3.8) is 0 Å². The number of benzene rings is 2. The van der Waals surface area contributed by atoms with Gasteiger partial charge in [0.05, 0.1) is 0 Å². The van der Waals surface area contributed by atoms with Gasteiger partial charge in [-0.05, 0) is 48.0 Å². The van der Waals surface area contributed by atoms with E-state index < -0.39 is 0 Å². The van der Waals surface area contributed by atoms with Crippen LogP contribution < -0.4 is 4.74 Å². The SMILES string of the molecule is Clc1ccc(Oc2cc(Cl)cc(CBr)c2)cc1. The van der Waals surface area contributed by atoms with E-state index in [-0.39, 0.29) is 0 Å². The second-order valence-electron chi connectivity index (χ2n) is 3.48. The molecule has 0 atom stereocenters. The van der Waals surface area contributed by atoms with Crippen LogP contribution in [0.1, 0.15) is 5.56 Å². The van der Waals surface area contributed by atoms with Gasteiger partial charge in [-0.15, -0.1) is 0 Å². The Morgan fingerprint density at radius 1 is 0.882 bits per heavy atom. The summed E-state index contributed by atoms with van der Waals surface area (Å²) in [6, 6.07) is 12.8. The highest BCUT2D eigenvalue weighted by molar-refractivity contribution is 9.08. The molecule has 0 saturated heterocycles. The average molecular weight is 332 g/mol. The predicted octanol–water partition coefficient (Wildman–Crippen LogP) is 5.68. The van der Waals surface area contributed by atoms with Crippen LogP contribution in [0.2, 0.25) is 10.0 Å². The van der Waals surface area contributed by atoms with Gasteiger partial charge in [0.1, 0.15) is 11.5 Å². The molecule has 0 aromatic heterocycles. The summed E-state index contributed by atoms with van der Waals surface area (Å²) in [4.78, 5) is 0. The van der Waals surface area contributed by atoms with Crippen LogP contribution in [-0.2, 0) is 5.33 Å². The molecular formula is C13H9BrCl2O. The maximum absolute atomic E-state index is 6.00. The van der Waals surface area contributed by atoms with Crippen molar-refractivity contribution in [1.29, 1.82) is 0 Å². The van der Waals surface area contributed by atoms with Crippen LogP contribution in [0.5, 0.6) is 11.5 Å². The molecule has 0 unspecified atom stereocenters. The minimum atomic E-state index is 0.658. The van der Waals surface area contributed by atoms with Crippen LogP contribution >= 0.6 is 39.1 Å². The summed E-state index contributed by atoms with van der Waals surface area (Å²) in [6.07, 6.45) is 0. The smallest absolute Gasteiger partial charge is 0.129 e. The van der Waals surface area contributed by atoms with Crippen molar-refractivity contribution in [2.75, 3.05) is 0 Å². The largest absolute Gasteiger partial charge is 0.457 e. The maximum Gasteiger partial charge on any atom is 0.129 e. The van der Waals surface area contributed by atoms with Crippen LogP contribution in [0.3, 0.4) is 0 Å². The van der Waals surface area contributed by atoms with Gasteiger partial charge in [0.15, 0.2) is 0 Å². The van der Waals surface area contributed by atoms with Gasteiger partial charge in [0, 0.05) is 15.4 Å². The molecule has 2 aromatic rings. The zero-order valence-corrected chi connectivity index (χ0v) is 11.9. The van der Waals surface area contributed by atoms with Crippen molar-refractivity contribution in [3.8, 4) is 11.5 Å². The van der Waals surface area contributed by atoms with E-state index >= 15 is 0 Å². The van der Waals surface area contributed by atoms with E-state index in [1.807, 2.05) is 24.3 Å². The van der Waals surface area contributed by atoms with Gasteiger partial charge in [-0.3, -0.25) is 0 Å². The molecule has 0 aliphatic rings. The lowest BCUT2D eigenvalue weighted by Gasteiger charge is -2.07. The zero-order chi connectivity index (χ0) is 12.3. The molecule has 1 nitrogen and oxygen atoms in total. The molecule has 17 heavy (non-hydrogen) atoms. The number of hydrogen-bond donors (Lipinski definition) is 0. The lowest BCUT2D eigenvalue weighted by molar-refractivity contribution is 0.482. The molecule has 0 heterocycles. The Labute approximate surface area is 118 Å². The van der Waals surface area contributed by atoms with Gasteiger partial charge in [-0.1, -0.05) is 39.1 Å². The topological polar surface area (TPSA) is 9.23 Å². The van der Waals surface area contributed by atoms with Crippen molar-refractivity contribution in [1.82, 2.24) is 0 Å². The number of rotatable bonds is 3. The molecule has 2 rings (SSSR count). The van der Waals surface area contributed by atoms with Gasteiger partial charge in [0.2, 0.25) is 0 Å². The molecule has 0 radical (unpaired) electrons. The molecule has 0 spiro atoms. The molecule has 0 N–H and O–H groups in total. The maximum atomic E-state index is 6.00. The van der Waals surface area contributed by atoms with Crippen LogP contribution in [0, 0.1) is 0 Å². The lowest BCUT2D eigenvalue weighted by Crippen LogP contribution is -1.86. The second-order valence-corrected chi connectivity index (χ2v) is 4.92. The summed E-state index contributed by atoms with van der Waals surface area (Å²) >= 11 is 15.2. The van der Waals surface area contributed by atoms with Gasteiger partial charge in [-0.2, -0.15) is 0 Å². The van der Waals surface area contributed by atoms with Gasteiger partial charge in [0.25, 0.3) is 0 Å². The third-order valence-electron chi connectivity index (χ3n) is 2.13. The van der Waals surface area contributed by atoms with Gasteiger partial charge >= 0.3 is 0 Å². The van der Waals surface area contributed by atoms with Gasteiger partial charge < -0.3 is 4.74 Å². The minimum absolute atomic E-state index is 0.658. The number of halogens is 3. The zero-order valence-electron chi connectivity index (χ0n) is 8.79. The molecule has 0 aliphatic heterocycles. The Hall–Kier alpha value is -0.700. The van der Waals surface area contributed by atoms with E-state index in [1.165, 1.54) is 0 Å². The highest BCUT2D eigenvalue weighted by Crippen LogP contribution is 2.27. The normalized spacial score (nSPS) is 10.3. The molecule has 0 fully saturated rings. The lowest BCUT2D eigenvalue weighted by atomic mass is 10.2. The first kappa shape index (κ1) is 12.7. The number of ether oxygens (including phenoxy) is 1. The molecule has 0 bridgehead atoms. The molecular weight excluding hydrogens is 323 g/mol. The van der Waals surface area contributed by atoms with Crippen LogP contribution in [0.4, 0.5) is 0 Å². The highest BCUT2D eigenvalue weighted by atomic mass is 79.9. The fourth-order valence-electron chi connectivity index (χ4n) is 1.40. The summed E-state index contributed by atoms with van der Waals surface area (Å²) in [7, 11) is 0. The Kier molecular flexibility index (Phi) is 4.32. The van der Waals surface area contributed by atoms with Crippen LogP contribution in [0.15, 0.2) is 42.5 Å². The van der Waals surface area contributed by atoms with E-state index in [1.54, 1.807) is 18.2 Å². The Balaban J connectivity index is 2.23. The minimum Gasteiger partial charge on any atom is -0.457 e. The summed E-state index contributed by atoms with van der Waals surface area (Å²) in [5, 5.41) is 2.08. The van der Waals surface area contributed by atoms with E-state index in [4.69, 9.17) is 27.9 Å². The van der Waals surface area contributed by atoms with Crippen molar-refractivity contribution >= 4 is 39.1 Å². The van der Waals surface area contributed by atoms with E-state index in [0.717, 1.165) is 16.6 Å². The van der Waals surface area contributed by atoms with E-state index in [2.05, 4.69) is 15.9 Å². The van der Waals surface area contributed by atoms with Gasteiger partial charge in [-0.25, -0.2) is 0 Å². The van der Waals surface area contributed by atoms with Crippen LogP contribution in [-0.4, -0.2) is 0 Å². The van der Waals surface area contributed by atoms with Crippen LogP contribution in [0.25, 0.3) is 0 Å². The molecule has 0 saturated carbocycles. The first-order valence-corrected chi connectivity index (χ1v) is 6.84. The Morgan fingerprint density at radius 2 is 1.59 bits per heavy atom. The predicted molar refractivity (Wildman–Crippen MR) is 75.6 cm³/mol. The number of hydrogen-bond acceptors (Lipinski definition) is 1. The second kappa shape index (κ2) is 5.76. The molecule has 2 aromatic carbocycles. The van der Waals surface area contributed by atoms with E-state index in [9.17, 15) is 0 Å². The average Bonchev–Trinajstić information content (AvgIpc) is 2.31. The number of alkyl halides is 1. The third kappa shape index (κ3) is 3.63. The Bertz CT molecular complexity index is 511. The van der Waals surface area contributed by atoms with Crippen molar-refractivity contribution < 1.29 is 4.74 Å². The fraction of sp³-hybridized carbons (Fsp3) is 0.0769. The Morgan fingerprint density at radius 3 is 2.24 bits per heavy atom. The first-order chi connectivity index (χ1) is 8.17. The van der Waals surface area contributed by atoms with Crippen molar-refractivity contribution in [3.05, 3.63) is 58.1 Å². The molecule has 88 valence electrons. The summed E-state index contributed by atoms with van der Waals surface area (Å²) < 4.78 is 5.69. The summed E-state index contributed by atoms with van der Waals surface area (Å²) in [5.74, 6) is 1.45. The first-order valence-electron chi connectivity index (χ1n) is 4.96. The monoisotopic (exact) mass is 330 g/mol. The third-order valence-corrected chi connectivity index (χ3v) is 3.25. The quantitative estimate of drug-likeness (QED) is 0.657. The van der Waals surface area contributed by atoms with Crippen molar-refractivity contribution in [2.24, 2.45) is 0 Å². The molecule has 4 heteroatoms.